The molecular weight excluding hydrogens is 250 g/mol. The second kappa shape index (κ2) is 6.25. The third kappa shape index (κ3) is 3.60. The number of ether oxygens (including phenoxy) is 1. The van der Waals surface area contributed by atoms with Crippen molar-refractivity contribution in [2.45, 2.75) is 45.8 Å². The Labute approximate surface area is 122 Å². The van der Waals surface area contributed by atoms with E-state index in [1.807, 2.05) is 0 Å². The van der Waals surface area contributed by atoms with Crippen molar-refractivity contribution in [2.24, 2.45) is 0 Å². The van der Waals surface area contributed by atoms with Crippen LogP contribution in [-0.2, 0) is 11.2 Å². The van der Waals surface area contributed by atoms with Gasteiger partial charge in [0.2, 0.25) is 0 Å². The minimum absolute atomic E-state index is 0.221. The summed E-state index contributed by atoms with van der Waals surface area (Å²) in [4.78, 5) is 2.34. The highest BCUT2D eigenvalue weighted by molar-refractivity contribution is 5.29. The summed E-state index contributed by atoms with van der Waals surface area (Å²) in [6, 6.07) is 6.51. The van der Waals surface area contributed by atoms with Gasteiger partial charge in [0.1, 0.15) is 0 Å². The summed E-state index contributed by atoms with van der Waals surface area (Å²) in [5, 5.41) is 10.7. The zero-order valence-electron chi connectivity index (χ0n) is 13.1. The quantitative estimate of drug-likeness (QED) is 0.917. The van der Waals surface area contributed by atoms with E-state index in [2.05, 4.69) is 50.8 Å². The Balaban J connectivity index is 2.07. The van der Waals surface area contributed by atoms with Crippen LogP contribution in [0.25, 0.3) is 0 Å². The summed E-state index contributed by atoms with van der Waals surface area (Å²) in [7, 11) is 0. The lowest BCUT2D eigenvalue weighted by Gasteiger charge is -2.43. The molecule has 0 spiro atoms. The molecule has 1 aromatic rings. The van der Waals surface area contributed by atoms with Gasteiger partial charge in [0.05, 0.1) is 19.3 Å². The number of aliphatic hydroxyl groups is 1. The second-order valence-corrected chi connectivity index (χ2v) is 6.47. The van der Waals surface area contributed by atoms with E-state index >= 15 is 0 Å². The van der Waals surface area contributed by atoms with Crippen LogP contribution in [0.15, 0.2) is 18.2 Å². The summed E-state index contributed by atoms with van der Waals surface area (Å²) in [5.41, 5.74) is 3.52. The number of morpholine rings is 1. The van der Waals surface area contributed by atoms with Gasteiger partial charge >= 0.3 is 0 Å². The molecule has 3 nitrogen and oxygen atoms in total. The third-order valence-electron chi connectivity index (χ3n) is 4.35. The molecule has 0 amide bonds. The smallest absolute Gasteiger partial charge is 0.0758 e. The SMILES string of the molecule is Cc1cc(C)cc(CC(O)C(C)(C)N2CCOCC2)c1. The monoisotopic (exact) mass is 277 g/mol. The average Bonchev–Trinajstić information content (AvgIpc) is 2.38. The van der Waals surface area contributed by atoms with Crippen LogP contribution in [0, 0.1) is 13.8 Å². The maximum absolute atomic E-state index is 10.7. The third-order valence-corrected chi connectivity index (χ3v) is 4.35. The molecule has 1 atom stereocenters. The fraction of sp³-hybridized carbons (Fsp3) is 0.647. The topological polar surface area (TPSA) is 32.7 Å². The Morgan fingerprint density at radius 2 is 1.70 bits per heavy atom. The van der Waals surface area contributed by atoms with E-state index in [9.17, 15) is 5.11 Å². The lowest BCUT2D eigenvalue weighted by Crippen LogP contribution is -2.56. The minimum atomic E-state index is -0.373. The van der Waals surface area contributed by atoms with Gasteiger partial charge in [-0.25, -0.2) is 0 Å². The molecule has 0 aromatic heterocycles. The van der Waals surface area contributed by atoms with Crippen molar-refractivity contribution in [3.63, 3.8) is 0 Å². The van der Waals surface area contributed by atoms with E-state index < -0.39 is 0 Å². The predicted molar refractivity (Wildman–Crippen MR) is 82.1 cm³/mol. The number of hydrogen-bond donors (Lipinski definition) is 1. The van der Waals surface area contributed by atoms with E-state index in [0.717, 1.165) is 26.3 Å². The summed E-state index contributed by atoms with van der Waals surface area (Å²) < 4.78 is 5.40. The molecule has 3 heteroatoms. The van der Waals surface area contributed by atoms with E-state index in [1.54, 1.807) is 0 Å². The molecule has 0 radical (unpaired) electrons. The fourth-order valence-corrected chi connectivity index (χ4v) is 3.01. The number of nitrogens with zero attached hydrogens (tertiary/aromatic N) is 1. The highest BCUT2D eigenvalue weighted by atomic mass is 16.5. The molecule has 1 fully saturated rings. The number of benzene rings is 1. The average molecular weight is 277 g/mol. The first-order chi connectivity index (χ1) is 9.39. The van der Waals surface area contributed by atoms with Gasteiger partial charge in [-0.15, -0.1) is 0 Å². The van der Waals surface area contributed by atoms with E-state index in [4.69, 9.17) is 4.74 Å². The molecule has 2 rings (SSSR count). The van der Waals surface area contributed by atoms with Crippen LogP contribution in [0.3, 0.4) is 0 Å². The first-order valence-electron chi connectivity index (χ1n) is 7.47. The summed E-state index contributed by atoms with van der Waals surface area (Å²) in [6.45, 7) is 11.8. The molecule has 0 saturated carbocycles. The molecule has 1 heterocycles. The number of hydrogen-bond acceptors (Lipinski definition) is 3. The number of rotatable bonds is 4. The summed E-state index contributed by atoms with van der Waals surface area (Å²) in [6.07, 6.45) is 0.328. The molecule has 1 aliphatic heterocycles. The molecular formula is C17H27NO2. The molecule has 1 N–H and O–H groups in total. The van der Waals surface area contributed by atoms with Crippen LogP contribution in [0.4, 0.5) is 0 Å². The van der Waals surface area contributed by atoms with Crippen molar-refractivity contribution in [1.29, 1.82) is 0 Å². The van der Waals surface area contributed by atoms with Crippen LogP contribution in [-0.4, -0.2) is 48.0 Å². The van der Waals surface area contributed by atoms with Crippen LogP contribution in [0.2, 0.25) is 0 Å². The zero-order chi connectivity index (χ0) is 14.8. The second-order valence-electron chi connectivity index (χ2n) is 6.47. The highest BCUT2D eigenvalue weighted by Crippen LogP contribution is 2.24. The van der Waals surface area contributed by atoms with Crippen molar-refractivity contribution < 1.29 is 9.84 Å². The Kier molecular flexibility index (Phi) is 4.84. The van der Waals surface area contributed by atoms with Crippen LogP contribution in [0.1, 0.15) is 30.5 Å². The molecule has 0 aliphatic carbocycles. The van der Waals surface area contributed by atoms with Gasteiger partial charge in [0.25, 0.3) is 0 Å². The van der Waals surface area contributed by atoms with E-state index in [1.165, 1.54) is 16.7 Å². The van der Waals surface area contributed by atoms with Gasteiger partial charge in [-0.3, -0.25) is 4.90 Å². The number of aliphatic hydroxyl groups excluding tert-OH is 1. The van der Waals surface area contributed by atoms with Crippen molar-refractivity contribution >= 4 is 0 Å². The largest absolute Gasteiger partial charge is 0.391 e. The first-order valence-corrected chi connectivity index (χ1v) is 7.47. The lowest BCUT2D eigenvalue weighted by molar-refractivity contribution is -0.0612. The Bertz CT molecular complexity index is 430. The first kappa shape index (κ1) is 15.5. The standard InChI is InChI=1S/C17H27NO2/c1-13-9-14(2)11-15(10-13)12-16(19)17(3,4)18-5-7-20-8-6-18/h9-11,16,19H,5-8,12H2,1-4H3. The fourth-order valence-electron chi connectivity index (χ4n) is 3.01. The zero-order valence-corrected chi connectivity index (χ0v) is 13.1. The molecule has 1 aromatic carbocycles. The predicted octanol–water partition coefficient (Wildman–Crippen LogP) is 2.32. The highest BCUT2D eigenvalue weighted by Gasteiger charge is 2.35. The lowest BCUT2D eigenvalue weighted by atomic mass is 9.89. The van der Waals surface area contributed by atoms with Crippen LogP contribution < -0.4 is 0 Å². The van der Waals surface area contributed by atoms with Crippen LogP contribution in [0.5, 0.6) is 0 Å². The summed E-state index contributed by atoms with van der Waals surface area (Å²) in [5.74, 6) is 0. The van der Waals surface area contributed by atoms with Crippen LogP contribution >= 0.6 is 0 Å². The minimum Gasteiger partial charge on any atom is -0.391 e. The maximum Gasteiger partial charge on any atom is 0.0758 e. The Morgan fingerprint density at radius 3 is 2.25 bits per heavy atom. The number of aryl methyl sites for hydroxylation is 2. The van der Waals surface area contributed by atoms with Crippen molar-refractivity contribution in [3.8, 4) is 0 Å². The van der Waals surface area contributed by atoms with Gasteiger partial charge in [0.15, 0.2) is 0 Å². The maximum atomic E-state index is 10.7. The van der Waals surface area contributed by atoms with E-state index in [0.29, 0.717) is 6.42 Å². The Hall–Kier alpha value is -0.900. The Morgan fingerprint density at radius 1 is 1.15 bits per heavy atom. The molecule has 20 heavy (non-hydrogen) atoms. The van der Waals surface area contributed by atoms with Crippen molar-refractivity contribution in [3.05, 3.63) is 34.9 Å². The van der Waals surface area contributed by atoms with Gasteiger partial charge in [-0.2, -0.15) is 0 Å². The van der Waals surface area contributed by atoms with E-state index in [-0.39, 0.29) is 11.6 Å². The normalized spacial score (nSPS) is 19.1. The van der Waals surface area contributed by atoms with Crippen molar-refractivity contribution in [2.75, 3.05) is 26.3 Å². The molecule has 0 bridgehead atoms. The molecule has 1 saturated heterocycles. The molecule has 112 valence electrons. The van der Waals surface area contributed by atoms with Gasteiger partial charge in [-0.05, 0) is 33.3 Å². The van der Waals surface area contributed by atoms with Crippen molar-refractivity contribution in [1.82, 2.24) is 4.90 Å². The van der Waals surface area contributed by atoms with Gasteiger partial charge in [0, 0.05) is 25.0 Å². The van der Waals surface area contributed by atoms with Gasteiger partial charge < -0.3 is 9.84 Å². The molecule has 1 unspecified atom stereocenters. The summed E-state index contributed by atoms with van der Waals surface area (Å²) >= 11 is 0. The molecule has 1 aliphatic rings. The van der Waals surface area contributed by atoms with Gasteiger partial charge in [-0.1, -0.05) is 29.3 Å².